The molecule has 0 N–H and O–H groups in total. The fourth-order valence-electron chi connectivity index (χ4n) is 5.74. The van der Waals surface area contributed by atoms with E-state index in [2.05, 4.69) is 20.4 Å². The summed E-state index contributed by atoms with van der Waals surface area (Å²) in [5.41, 5.74) is 5.83. The Hall–Kier alpha value is -4.07. The van der Waals surface area contributed by atoms with Gasteiger partial charge in [0.1, 0.15) is 11.4 Å². The summed E-state index contributed by atoms with van der Waals surface area (Å²) in [4.78, 5) is 23.5. The standard InChI is InChI=1S/C30H26F2N4O2/c31-30(32)38-23-11-9-22(10-12-23)36-27-15-19(18-5-6-18)7-14-25(27)34-28(29(36)37)20-8-13-24-26(16-20)35(17-33-24)21-3-1-2-4-21/h7-18,21,30H,1-6H2. The van der Waals surface area contributed by atoms with E-state index >= 15 is 0 Å². The van der Waals surface area contributed by atoms with Crippen molar-refractivity contribution in [3.05, 3.63) is 82.9 Å². The van der Waals surface area contributed by atoms with E-state index in [1.54, 1.807) is 16.7 Å². The topological polar surface area (TPSA) is 61.9 Å². The zero-order valence-electron chi connectivity index (χ0n) is 20.7. The highest BCUT2D eigenvalue weighted by atomic mass is 19.3. The molecule has 8 heteroatoms. The summed E-state index contributed by atoms with van der Waals surface area (Å²) in [6.07, 6.45) is 8.86. The zero-order valence-corrected chi connectivity index (χ0v) is 20.7. The van der Waals surface area contributed by atoms with Gasteiger partial charge in [-0.1, -0.05) is 25.0 Å². The smallest absolute Gasteiger partial charge is 0.387 e. The van der Waals surface area contributed by atoms with E-state index in [1.165, 1.54) is 30.5 Å². The quantitative estimate of drug-likeness (QED) is 0.246. The maximum atomic E-state index is 14.1. The monoisotopic (exact) mass is 512 g/mol. The van der Waals surface area contributed by atoms with Gasteiger partial charge < -0.3 is 9.30 Å². The van der Waals surface area contributed by atoms with Crippen LogP contribution in [0.2, 0.25) is 0 Å². The van der Waals surface area contributed by atoms with Crippen LogP contribution in [0.3, 0.4) is 0 Å². The second kappa shape index (κ2) is 9.04. The van der Waals surface area contributed by atoms with Gasteiger partial charge in [0, 0.05) is 17.3 Å². The number of nitrogens with zero attached hydrogens (tertiary/aromatic N) is 4. The average Bonchev–Trinajstić information content (AvgIpc) is 3.46. The Morgan fingerprint density at radius 3 is 2.37 bits per heavy atom. The van der Waals surface area contributed by atoms with Gasteiger partial charge in [-0.15, -0.1) is 0 Å². The van der Waals surface area contributed by atoms with Crippen LogP contribution in [-0.2, 0) is 0 Å². The molecule has 2 aromatic heterocycles. The van der Waals surface area contributed by atoms with E-state index in [9.17, 15) is 13.6 Å². The second-order valence-electron chi connectivity index (χ2n) is 10.3. The number of rotatable bonds is 6. The lowest BCUT2D eigenvalue weighted by Gasteiger charge is -2.15. The second-order valence-corrected chi connectivity index (χ2v) is 10.3. The molecule has 0 amide bonds. The highest BCUT2D eigenvalue weighted by molar-refractivity contribution is 5.84. The summed E-state index contributed by atoms with van der Waals surface area (Å²) in [6.45, 7) is -2.91. The molecule has 2 heterocycles. The van der Waals surface area contributed by atoms with Crippen LogP contribution in [-0.4, -0.2) is 25.7 Å². The lowest BCUT2D eigenvalue weighted by atomic mass is 10.1. The van der Waals surface area contributed by atoms with Crippen molar-refractivity contribution in [1.82, 2.24) is 19.1 Å². The number of ether oxygens (including phenoxy) is 1. The SMILES string of the molecule is O=c1c(-c2ccc3ncn(C4CCCC4)c3c2)nc2ccc(C3CC3)cc2n1-c1ccc(OC(F)F)cc1. The summed E-state index contributed by atoms with van der Waals surface area (Å²) in [7, 11) is 0. The molecule has 7 rings (SSSR count). The normalized spacial score (nSPS) is 16.2. The largest absolute Gasteiger partial charge is 0.435 e. The van der Waals surface area contributed by atoms with Gasteiger partial charge in [-0.2, -0.15) is 8.78 Å². The van der Waals surface area contributed by atoms with Crippen LogP contribution in [0.5, 0.6) is 5.75 Å². The molecule has 0 atom stereocenters. The van der Waals surface area contributed by atoms with Crippen LogP contribution < -0.4 is 10.3 Å². The van der Waals surface area contributed by atoms with Gasteiger partial charge in [-0.25, -0.2) is 9.97 Å². The summed E-state index contributed by atoms with van der Waals surface area (Å²) in [5.74, 6) is 0.544. The van der Waals surface area contributed by atoms with Crippen LogP contribution in [0.1, 0.15) is 56.0 Å². The van der Waals surface area contributed by atoms with E-state index in [1.807, 2.05) is 36.7 Å². The average molecular weight is 513 g/mol. The molecule has 0 saturated heterocycles. The number of hydrogen-bond acceptors (Lipinski definition) is 4. The number of hydrogen-bond donors (Lipinski definition) is 0. The highest BCUT2D eigenvalue weighted by Gasteiger charge is 2.25. The van der Waals surface area contributed by atoms with Crippen LogP contribution in [0.25, 0.3) is 39.0 Å². The Bertz CT molecular complexity index is 1710. The Morgan fingerprint density at radius 1 is 0.868 bits per heavy atom. The van der Waals surface area contributed by atoms with E-state index in [0.29, 0.717) is 34.4 Å². The molecule has 3 aromatic carbocycles. The molecule has 6 nitrogen and oxygen atoms in total. The molecule has 5 aromatic rings. The van der Waals surface area contributed by atoms with Crippen molar-refractivity contribution in [2.75, 3.05) is 0 Å². The van der Waals surface area contributed by atoms with Crippen LogP contribution in [0.15, 0.2) is 71.8 Å². The third kappa shape index (κ3) is 4.04. The van der Waals surface area contributed by atoms with Crippen molar-refractivity contribution in [2.24, 2.45) is 0 Å². The first kappa shape index (κ1) is 23.1. The molecule has 0 bridgehead atoms. The van der Waals surface area contributed by atoms with Crippen molar-refractivity contribution < 1.29 is 13.5 Å². The summed E-state index contributed by atoms with van der Waals surface area (Å²) < 4.78 is 33.8. The molecule has 2 aliphatic rings. The molecular formula is C30H26F2N4O2. The molecule has 2 aliphatic carbocycles. The van der Waals surface area contributed by atoms with Gasteiger partial charge in [0.25, 0.3) is 5.56 Å². The van der Waals surface area contributed by atoms with Crippen molar-refractivity contribution >= 4 is 22.1 Å². The predicted molar refractivity (Wildman–Crippen MR) is 142 cm³/mol. The van der Waals surface area contributed by atoms with Crippen LogP contribution in [0.4, 0.5) is 8.78 Å². The Kier molecular flexibility index (Phi) is 5.49. The zero-order chi connectivity index (χ0) is 25.8. The van der Waals surface area contributed by atoms with Crippen molar-refractivity contribution in [3.8, 4) is 22.7 Å². The van der Waals surface area contributed by atoms with Crippen molar-refractivity contribution in [3.63, 3.8) is 0 Å². The number of halogens is 2. The lowest BCUT2D eigenvalue weighted by molar-refractivity contribution is -0.0498. The molecule has 38 heavy (non-hydrogen) atoms. The molecule has 2 fully saturated rings. The van der Waals surface area contributed by atoms with E-state index in [0.717, 1.165) is 42.3 Å². The van der Waals surface area contributed by atoms with Crippen molar-refractivity contribution in [2.45, 2.75) is 57.1 Å². The Balaban J connectivity index is 1.41. The first-order valence-electron chi connectivity index (χ1n) is 13.1. The molecule has 0 unspecified atom stereocenters. The molecule has 0 aliphatic heterocycles. The summed E-state index contributed by atoms with van der Waals surface area (Å²) in [6, 6.07) is 18.5. The van der Waals surface area contributed by atoms with Crippen LogP contribution >= 0.6 is 0 Å². The number of aromatic nitrogens is 4. The Morgan fingerprint density at radius 2 is 1.63 bits per heavy atom. The van der Waals surface area contributed by atoms with Gasteiger partial charge in [0.05, 0.1) is 28.4 Å². The lowest BCUT2D eigenvalue weighted by Crippen LogP contribution is -2.22. The third-order valence-electron chi connectivity index (χ3n) is 7.81. The number of alkyl halides is 2. The number of fused-ring (bicyclic) bond motifs is 2. The minimum absolute atomic E-state index is 0.0414. The molecule has 0 spiro atoms. The van der Waals surface area contributed by atoms with E-state index in [-0.39, 0.29) is 11.3 Å². The van der Waals surface area contributed by atoms with Gasteiger partial charge in [-0.05, 0) is 85.7 Å². The molecule has 192 valence electrons. The van der Waals surface area contributed by atoms with E-state index < -0.39 is 6.61 Å². The van der Waals surface area contributed by atoms with Gasteiger partial charge in [0.15, 0.2) is 0 Å². The summed E-state index contributed by atoms with van der Waals surface area (Å²) in [5, 5.41) is 0. The maximum Gasteiger partial charge on any atom is 0.387 e. The molecule has 0 radical (unpaired) electrons. The first-order chi connectivity index (χ1) is 18.5. The number of benzene rings is 3. The minimum Gasteiger partial charge on any atom is -0.435 e. The molecule has 2 saturated carbocycles. The first-order valence-corrected chi connectivity index (χ1v) is 13.1. The Labute approximate surface area is 217 Å². The third-order valence-corrected chi connectivity index (χ3v) is 7.81. The minimum atomic E-state index is -2.91. The van der Waals surface area contributed by atoms with E-state index in [4.69, 9.17) is 4.98 Å². The number of imidazole rings is 1. The fourth-order valence-corrected chi connectivity index (χ4v) is 5.74. The predicted octanol–water partition coefficient (Wildman–Crippen LogP) is 7.00. The van der Waals surface area contributed by atoms with Crippen molar-refractivity contribution in [1.29, 1.82) is 0 Å². The summed E-state index contributed by atoms with van der Waals surface area (Å²) >= 11 is 0. The molecular weight excluding hydrogens is 486 g/mol. The van der Waals surface area contributed by atoms with Gasteiger partial charge in [-0.3, -0.25) is 9.36 Å². The van der Waals surface area contributed by atoms with Gasteiger partial charge >= 0.3 is 6.61 Å². The maximum absolute atomic E-state index is 14.1. The van der Waals surface area contributed by atoms with Gasteiger partial charge in [0.2, 0.25) is 0 Å². The highest BCUT2D eigenvalue weighted by Crippen LogP contribution is 2.41. The fraction of sp³-hybridized carbons (Fsp3) is 0.300. The van der Waals surface area contributed by atoms with Crippen LogP contribution in [0, 0.1) is 0 Å².